The SMILES string of the molecule is COc1ccc(C)cc1NC(=O)Cn1cc(-c2ccc(Cl)cc2)c(N2CCOCC2)n1. The number of nitrogens with one attached hydrogen (secondary N) is 1. The fourth-order valence-corrected chi connectivity index (χ4v) is 3.72. The van der Waals surface area contributed by atoms with E-state index >= 15 is 0 Å². The number of benzene rings is 2. The first-order valence-corrected chi connectivity index (χ1v) is 10.5. The minimum Gasteiger partial charge on any atom is -0.495 e. The van der Waals surface area contributed by atoms with Gasteiger partial charge in [0, 0.05) is 29.9 Å². The number of aryl methyl sites for hydroxylation is 1. The van der Waals surface area contributed by atoms with Gasteiger partial charge in [-0.1, -0.05) is 29.8 Å². The van der Waals surface area contributed by atoms with Gasteiger partial charge < -0.3 is 19.7 Å². The summed E-state index contributed by atoms with van der Waals surface area (Å²) in [6.45, 7) is 4.87. The summed E-state index contributed by atoms with van der Waals surface area (Å²) in [6.07, 6.45) is 1.90. The fourth-order valence-electron chi connectivity index (χ4n) is 3.59. The number of hydrogen-bond acceptors (Lipinski definition) is 5. The average molecular weight is 441 g/mol. The van der Waals surface area contributed by atoms with E-state index in [4.69, 9.17) is 26.2 Å². The van der Waals surface area contributed by atoms with Crippen LogP contribution in [0.5, 0.6) is 5.75 Å². The van der Waals surface area contributed by atoms with Gasteiger partial charge in [-0.3, -0.25) is 9.48 Å². The van der Waals surface area contributed by atoms with Crippen molar-refractivity contribution >= 4 is 29.0 Å². The minimum atomic E-state index is -0.178. The number of rotatable bonds is 6. The molecule has 1 aromatic heterocycles. The molecule has 0 spiro atoms. The van der Waals surface area contributed by atoms with E-state index in [0.29, 0.717) is 29.7 Å². The van der Waals surface area contributed by atoms with Crippen LogP contribution in [0.15, 0.2) is 48.7 Å². The van der Waals surface area contributed by atoms with Crippen LogP contribution in [0.3, 0.4) is 0 Å². The van der Waals surface area contributed by atoms with Crippen molar-refractivity contribution in [3.63, 3.8) is 0 Å². The van der Waals surface area contributed by atoms with Crippen molar-refractivity contribution < 1.29 is 14.3 Å². The summed E-state index contributed by atoms with van der Waals surface area (Å²) in [5.74, 6) is 1.28. The maximum atomic E-state index is 12.8. The number of anilines is 2. The maximum Gasteiger partial charge on any atom is 0.246 e. The molecule has 2 heterocycles. The lowest BCUT2D eigenvalue weighted by Crippen LogP contribution is -2.36. The Balaban J connectivity index is 1.59. The van der Waals surface area contributed by atoms with E-state index in [0.717, 1.165) is 35.6 Å². The normalized spacial score (nSPS) is 13.8. The molecule has 162 valence electrons. The quantitative estimate of drug-likeness (QED) is 0.627. The summed E-state index contributed by atoms with van der Waals surface area (Å²) in [5.41, 5.74) is 3.64. The van der Waals surface area contributed by atoms with Crippen LogP contribution >= 0.6 is 11.6 Å². The van der Waals surface area contributed by atoms with E-state index < -0.39 is 0 Å². The number of carbonyl (C=O) groups is 1. The molecule has 3 aromatic rings. The Morgan fingerprint density at radius 1 is 1.19 bits per heavy atom. The third-order valence-electron chi connectivity index (χ3n) is 5.14. The molecule has 0 bridgehead atoms. The van der Waals surface area contributed by atoms with Gasteiger partial charge in [-0.15, -0.1) is 0 Å². The summed E-state index contributed by atoms with van der Waals surface area (Å²) in [7, 11) is 1.58. The summed E-state index contributed by atoms with van der Waals surface area (Å²) < 4.78 is 12.5. The van der Waals surface area contributed by atoms with Crippen LogP contribution in [0, 0.1) is 6.92 Å². The van der Waals surface area contributed by atoms with Crippen molar-refractivity contribution in [1.29, 1.82) is 0 Å². The van der Waals surface area contributed by atoms with Gasteiger partial charge >= 0.3 is 0 Å². The van der Waals surface area contributed by atoms with Gasteiger partial charge in [0.2, 0.25) is 5.91 Å². The molecule has 8 heteroatoms. The van der Waals surface area contributed by atoms with Gasteiger partial charge in [0.15, 0.2) is 5.82 Å². The molecule has 1 saturated heterocycles. The van der Waals surface area contributed by atoms with Gasteiger partial charge in [-0.05, 0) is 42.3 Å². The second-order valence-electron chi connectivity index (χ2n) is 7.42. The third-order valence-corrected chi connectivity index (χ3v) is 5.39. The van der Waals surface area contributed by atoms with Gasteiger partial charge in [0.1, 0.15) is 12.3 Å². The molecule has 0 saturated carbocycles. The summed E-state index contributed by atoms with van der Waals surface area (Å²) in [6, 6.07) is 13.3. The predicted octanol–water partition coefficient (Wildman–Crippen LogP) is 4.00. The molecule has 2 aromatic carbocycles. The van der Waals surface area contributed by atoms with Gasteiger partial charge in [0.05, 0.1) is 26.0 Å². The van der Waals surface area contributed by atoms with Crippen LogP contribution in [-0.2, 0) is 16.1 Å². The first kappa shape index (κ1) is 21.2. The number of methoxy groups -OCH3 is 1. The maximum absolute atomic E-state index is 12.8. The van der Waals surface area contributed by atoms with Crippen LogP contribution < -0.4 is 15.0 Å². The molecule has 0 radical (unpaired) electrons. The molecular weight excluding hydrogens is 416 g/mol. The molecule has 4 rings (SSSR count). The Hall–Kier alpha value is -3.03. The first-order chi connectivity index (χ1) is 15.0. The molecule has 0 unspecified atom stereocenters. The van der Waals surface area contributed by atoms with E-state index in [-0.39, 0.29) is 12.5 Å². The average Bonchev–Trinajstić information content (AvgIpc) is 3.18. The first-order valence-electron chi connectivity index (χ1n) is 10.1. The van der Waals surface area contributed by atoms with E-state index in [1.165, 1.54) is 0 Å². The zero-order chi connectivity index (χ0) is 21.8. The number of morpholine rings is 1. The number of aromatic nitrogens is 2. The number of halogens is 1. The molecule has 0 atom stereocenters. The molecule has 1 N–H and O–H groups in total. The van der Waals surface area contributed by atoms with E-state index in [9.17, 15) is 4.79 Å². The minimum absolute atomic E-state index is 0.0853. The molecule has 0 aliphatic carbocycles. The summed E-state index contributed by atoms with van der Waals surface area (Å²) in [4.78, 5) is 14.9. The topological polar surface area (TPSA) is 68.6 Å². The van der Waals surface area contributed by atoms with Crippen molar-refractivity contribution in [2.24, 2.45) is 0 Å². The number of carbonyl (C=O) groups excluding carboxylic acids is 1. The van der Waals surface area contributed by atoms with Crippen LogP contribution in [0.4, 0.5) is 11.5 Å². The molecular formula is C23H25ClN4O3. The van der Waals surface area contributed by atoms with Crippen molar-refractivity contribution in [2.75, 3.05) is 43.6 Å². The molecule has 1 amide bonds. The van der Waals surface area contributed by atoms with Crippen LogP contribution in [0.2, 0.25) is 5.02 Å². The zero-order valence-electron chi connectivity index (χ0n) is 17.6. The van der Waals surface area contributed by atoms with Crippen LogP contribution in [0.25, 0.3) is 11.1 Å². The Morgan fingerprint density at radius 3 is 2.65 bits per heavy atom. The van der Waals surface area contributed by atoms with Crippen molar-refractivity contribution in [3.05, 3.63) is 59.2 Å². The van der Waals surface area contributed by atoms with Crippen molar-refractivity contribution in [1.82, 2.24) is 9.78 Å². The number of amides is 1. The molecule has 7 nitrogen and oxygen atoms in total. The fraction of sp³-hybridized carbons (Fsp3) is 0.304. The van der Waals surface area contributed by atoms with E-state index in [2.05, 4.69) is 10.2 Å². The molecule has 1 aliphatic heterocycles. The highest BCUT2D eigenvalue weighted by Gasteiger charge is 2.21. The predicted molar refractivity (Wildman–Crippen MR) is 122 cm³/mol. The van der Waals surface area contributed by atoms with Crippen molar-refractivity contribution in [2.45, 2.75) is 13.5 Å². The number of ether oxygens (including phenoxy) is 2. The number of hydrogen-bond donors (Lipinski definition) is 1. The second kappa shape index (κ2) is 9.41. The highest BCUT2D eigenvalue weighted by Crippen LogP contribution is 2.31. The van der Waals surface area contributed by atoms with Crippen molar-refractivity contribution in [3.8, 4) is 16.9 Å². The highest BCUT2D eigenvalue weighted by atomic mass is 35.5. The van der Waals surface area contributed by atoms with Crippen LogP contribution in [-0.4, -0.2) is 49.1 Å². The van der Waals surface area contributed by atoms with Gasteiger partial charge in [-0.25, -0.2) is 0 Å². The Morgan fingerprint density at radius 2 is 1.94 bits per heavy atom. The Labute approximate surface area is 186 Å². The zero-order valence-corrected chi connectivity index (χ0v) is 18.4. The standard InChI is InChI=1S/C23H25ClN4O3/c1-16-3-8-21(30-2)20(13-16)25-22(29)15-28-14-19(17-4-6-18(24)7-5-17)23(26-28)27-9-11-31-12-10-27/h3-8,13-14H,9-12,15H2,1-2H3,(H,25,29). The molecule has 1 fully saturated rings. The monoisotopic (exact) mass is 440 g/mol. The van der Waals surface area contributed by atoms with Gasteiger partial charge in [-0.2, -0.15) is 5.10 Å². The lowest BCUT2D eigenvalue weighted by Gasteiger charge is -2.27. The molecule has 1 aliphatic rings. The van der Waals surface area contributed by atoms with Gasteiger partial charge in [0.25, 0.3) is 0 Å². The second-order valence-corrected chi connectivity index (χ2v) is 7.86. The largest absolute Gasteiger partial charge is 0.495 e. The highest BCUT2D eigenvalue weighted by molar-refractivity contribution is 6.30. The summed E-state index contributed by atoms with van der Waals surface area (Å²) in [5, 5.41) is 8.34. The third kappa shape index (κ3) is 5.00. The lowest BCUT2D eigenvalue weighted by molar-refractivity contribution is -0.116. The van der Waals surface area contributed by atoms with E-state index in [1.54, 1.807) is 11.8 Å². The van der Waals surface area contributed by atoms with Crippen LogP contribution in [0.1, 0.15) is 5.56 Å². The summed E-state index contributed by atoms with van der Waals surface area (Å²) >= 11 is 6.06. The smallest absolute Gasteiger partial charge is 0.246 e. The number of nitrogens with zero attached hydrogens (tertiary/aromatic N) is 3. The Kier molecular flexibility index (Phi) is 6.44. The molecule has 31 heavy (non-hydrogen) atoms. The van der Waals surface area contributed by atoms with E-state index in [1.807, 2.05) is 55.6 Å². The lowest BCUT2D eigenvalue weighted by atomic mass is 10.1. The Bertz CT molecular complexity index is 1060.